The summed E-state index contributed by atoms with van der Waals surface area (Å²) in [5.41, 5.74) is 1.93. The van der Waals surface area contributed by atoms with Crippen molar-refractivity contribution in [1.82, 2.24) is 18.2 Å². The minimum Gasteiger partial charge on any atom is -0.493 e. The van der Waals surface area contributed by atoms with E-state index in [0.717, 1.165) is 22.4 Å². The number of fused-ring (bicyclic) bond motifs is 1. The first-order valence-electron chi connectivity index (χ1n) is 13.7. The van der Waals surface area contributed by atoms with Gasteiger partial charge in [-0.25, -0.2) is 25.5 Å². The van der Waals surface area contributed by atoms with Gasteiger partial charge >= 0.3 is 0 Å². The Labute approximate surface area is 249 Å². The SMILES string of the molecule is Cc1ccc(S(=O)(=O)n2ccc3c(-c4cc(S(=O)(=O)NCc5cccnc5)ccc4OCC4CC4)cn(C)c(=O)c32)cc1. The third-order valence-corrected chi connectivity index (χ3v) is 10.6. The van der Waals surface area contributed by atoms with Crippen molar-refractivity contribution in [2.24, 2.45) is 13.0 Å². The molecule has 10 nitrogen and oxygen atoms in total. The zero-order valence-corrected chi connectivity index (χ0v) is 25.2. The zero-order chi connectivity index (χ0) is 30.4. The van der Waals surface area contributed by atoms with E-state index in [2.05, 4.69) is 9.71 Å². The van der Waals surface area contributed by atoms with Crippen molar-refractivity contribution in [3.8, 4) is 16.9 Å². The fourth-order valence-electron chi connectivity index (χ4n) is 4.84. The fourth-order valence-corrected chi connectivity index (χ4v) is 7.23. The molecule has 1 aliphatic rings. The molecule has 0 saturated heterocycles. The average molecular weight is 619 g/mol. The van der Waals surface area contributed by atoms with Crippen molar-refractivity contribution in [1.29, 1.82) is 0 Å². The molecule has 6 rings (SSSR count). The first-order chi connectivity index (χ1) is 20.5. The van der Waals surface area contributed by atoms with Crippen LogP contribution in [0.1, 0.15) is 24.0 Å². The van der Waals surface area contributed by atoms with Gasteiger partial charge in [0.1, 0.15) is 11.3 Å². The predicted octanol–water partition coefficient (Wildman–Crippen LogP) is 4.21. The van der Waals surface area contributed by atoms with Gasteiger partial charge in [0.25, 0.3) is 15.6 Å². The van der Waals surface area contributed by atoms with E-state index in [1.54, 1.807) is 55.0 Å². The van der Waals surface area contributed by atoms with Gasteiger partial charge in [-0.05, 0) is 73.7 Å². The number of nitrogens with zero attached hydrogens (tertiary/aromatic N) is 3. The summed E-state index contributed by atoms with van der Waals surface area (Å²) in [6, 6.07) is 16.0. The van der Waals surface area contributed by atoms with Gasteiger partial charge in [0.2, 0.25) is 10.0 Å². The van der Waals surface area contributed by atoms with Crippen LogP contribution < -0.4 is 15.0 Å². The van der Waals surface area contributed by atoms with E-state index in [0.29, 0.717) is 40.4 Å². The number of sulfonamides is 1. The predicted molar refractivity (Wildman–Crippen MR) is 163 cm³/mol. The summed E-state index contributed by atoms with van der Waals surface area (Å²) in [6.45, 7) is 2.38. The Balaban J connectivity index is 1.49. The summed E-state index contributed by atoms with van der Waals surface area (Å²) in [7, 11) is -6.53. The van der Waals surface area contributed by atoms with E-state index in [4.69, 9.17) is 4.74 Å². The molecular weight excluding hydrogens is 588 g/mol. The van der Waals surface area contributed by atoms with Gasteiger partial charge in [-0.1, -0.05) is 23.8 Å². The van der Waals surface area contributed by atoms with Crippen molar-refractivity contribution in [3.05, 3.63) is 107 Å². The molecule has 2 aromatic carbocycles. The lowest BCUT2D eigenvalue weighted by Gasteiger charge is -2.16. The Morgan fingerprint density at radius 3 is 2.42 bits per heavy atom. The van der Waals surface area contributed by atoms with Gasteiger partial charge in [0.05, 0.1) is 16.4 Å². The second kappa shape index (κ2) is 11.1. The maximum atomic E-state index is 13.7. The van der Waals surface area contributed by atoms with Crippen LogP contribution in [0.2, 0.25) is 0 Å². The number of ether oxygens (including phenoxy) is 1. The lowest BCUT2D eigenvalue weighted by Crippen LogP contribution is -2.23. The Kier molecular flexibility index (Phi) is 7.45. The van der Waals surface area contributed by atoms with Crippen LogP contribution in [0.4, 0.5) is 0 Å². The third-order valence-electron chi connectivity index (χ3n) is 7.48. The lowest BCUT2D eigenvalue weighted by molar-refractivity contribution is 0.301. The van der Waals surface area contributed by atoms with Crippen LogP contribution in [0.3, 0.4) is 0 Å². The lowest BCUT2D eigenvalue weighted by atomic mass is 10.0. The average Bonchev–Trinajstić information content (AvgIpc) is 3.72. The molecule has 0 unspecified atom stereocenters. The Bertz CT molecular complexity index is 2100. The first-order valence-corrected chi connectivity index (χ1v) is 16.7. The largest absolute Gasteiger partial charge is 0.493 e. The second-order valence-corrected chi connectivity index (χ2v) is 14.3. The molecule has 1 saturated carbocycles. The van der Waals surface area contributed by atoms with Crippen LogP contribution in [-0.4, -0.2) is 37.0 Å². The smallest absolute Gasteiger partial charge is 0.275 e. The van der Waals surface area contributed by atoms with Gasteiger partial charge in [-0.15, -0.1) is 0 Å². The summed E-state index contributed by atoms with van der Waals surface area (Å²) < 4.78 is 65.1. The standard InChI is InChI=1S/C31H30N4O6S2/c1-21-5-9-24(10-6-21)43(39,40)35-15-13-26-28(19-34(2)31(36)30(26)35)27-16-25(11-12-29(27)41-20-22-7-8-22)42(37,38)33-18-23-4-3-14-32-17-23/h3-6,9-17,19,22,33H,7-8,18,20H2,1-2H3. The highest BCUT2D eigenvalue weighted by atomic mass is 32.2. The number of benzene rings is 2. The maximum absolute atomic E-state index is 13.7. The van der Waals surface area contributed by atoms with Gasteiger partial charge in [0.15, 0.2) is 0 Å². The molecular formula is C31H30N4O6S2. The Morgan fingerprint density at radius 2 is 1.72 bits per heavy atom. The van der Waals surface area contributed by atoms with Crippen LogP contribution in [0.5, 0.6) is 5.75 Å². The topological polar surface area (TPSA) is 129 Å². The number of aryl methyl sites for hydroxylation is 2. The molecule has 12 heteroatoms. The number of aromatic nitrogens is 3. The molecule has 1 aliphatic carbocycles. The van der Waals surface area contributed by atoms with Crippen LogP contribution >= 0.6 is 0 Å². The fraction of sp³-hybridized carbons (Fsp3) is 0.226. The first kappa shape index (κ1) is 28.8. The quantitative estimate of drug-likeness (QED) is 0.248. The summed E-state index contributed by atoms with van der Waals surface area (Å²) in [4.78, 5) is 17.5. The van der Waals surface area contributed by atoms with E-state index in [1.165, 1.54) is 42.1 Å². The monoisotopic (exact) mass is 618 g/mol. The van der Waals surface area contributed by atoms with E-state index in [9.17, 15) is 21.6 Å². The van der Waals surface area contributed by atoms with Crippen LogP contribution in [0.25, 0.3) is 22.0 Å². The highest BCUT2D eigenvalue weighted by Gasteiger charge is 2.26. The number of hydrogen-bond donors (Lipinski definition) is 1. The molecule has 3 aromatic heterocycles. The molecule has 0 amide bonds. The van der Waals surface area contributed by atoms with Crippen molar-refractivity contribution >= 4 is 30.9 Å². The maximum Gasteiger partial charge on any atom is 0.275 e. The van der Waals surface area contributed by atoms with Crippen molar-refractivity contribution in [2.75, 3.05) is 6.61 Å². The number of pyridine rings is 2. The molecule has 0 atom stereocenters. The van der Waals surface area contributed by atoms with Crippen molar-refractivity contribution in [3.63, 3.8) is 0 Å². The van der Waals surface area contributed by atoms with Crippen molar-refractivity contribution in [2.45, 2.75) is 36.1 Å². The van der Waals surface area contributed by atoms with Gasteiger partial charge in [0, 0.05) is 54.9 Å². The van der Waals surface area contributed by atoms with Crippen LogP contribution in [0, 0.1) is 12.8 Å². The van der Waals surface area contributed by atoms with Crippen LogP contribution in [0.15, 0.2) is 100 Å². The Hall–Kier alpha value is -4.26. The van der Waals surface area contributed by atoms with Gasteiger partial charge in [-0.3, -0.25) is 9.78 Å². The highest BCUT2D eigenvalue weighted by molar-refractivity contribution is 7.90. The molecule has 1 N–H and O–H groups in total. The molecule has 0 aliphatic heterocycles. The van der Waals surface area contributed by atoms with Gasteiger partial charge in [-0.2, -0.15) is 0 Å². The third kappa shape index (κ3) is 5.73. The zero-order valence-electron chi connectivity index (χ0n) is 23.6. The summed E-state index contributed by atoms with van der Waals surface area (Å²) in [5, 5.41) is 0.355. The number of nitrogens with one attached hydrogen (secondary N) is 1. The highest BCUT2D eigenvalue weighted by Crippen LogP contribution is 2.38. The molecule has 5 aromatic rings. The minimum absolute atomic E-state index is 0.00104. The summed E-state index contributed by atoms with van der Waals surface area (Å²) >= 11 is 0. The second-order valence-electron chi connectivity index (χ2n) is 10.7. The van der Waals surface area contributed by atoms with Gasteiger partial charge < -0.3 is 9.30 Å². The number of hydrogen-bond acceptors (Lipinski definition) is 7. The van der Waals surface area contributed by atoms with E-state index >= 15 is 0 Å². The molecule has 0 spiro atoms. The van der Waals surface area contributed by atoms with Crippen LogP contribution in [-0.2, 0) is 33.6 Å². The summed E-state index contributed by atoms with van der Waals surface area (Å²) in [5.74, 6) is 0.866. The molecule has 222 valence electrons. The van der Waals surface area contributed by atoms with E-state index in [-0.39, 0.29) is 21.9 Å². The Morgan fingerprint density at radius 1 is 0.977 bits per heavy atom. The molecule has 43 heavy (non-hydrogen) atoms. The molecule has 1 fully saturated rings. The molecule has 3 heterocycles. The summed E-state index contributed by atoms with van der Waals surface area (Å²) in [6.07, 6.45) is 8.24. The molecule has 0 bridgehead atoms. The number of rotatable bonds is 10. The van der Waals surface area contributed by atoms with Crippen molar-refractivity contribution < 1.29 is 21.6 Å². The minimum atomic E-state index is -4.10. The molecule has 0 radical (unpaired) electrons. The van der Waals surface area contributed by atoms with E-state index in [1.807, 2.05) is 6.92 Å². The van der Waals surface area contributed by atoms with E-state index < -0.39 is 25.6 Å². The normalized spacial score (nSPS) is 13.8.